The Morgan fingerprint density at radius 2 is 2.26 bits per heavy atom. The number of halogens is 1. The molecule has 100 valence electrons. The lowest BCUT2D eigenvalue weighted by Crippen LogP contribution is -2.13. The number of aromatic nitrogens is 2. The van der Waals surface area contributed by atoms with E-state index in [1.54, 1.807) is 0 Å². The number of aliphatic hydroxyl groups is 1. The van der Waals surface area contributed by atoms with Gasteiger partial charge in [-0.05, 0) is 11.6 Å². The molecule has 8 nitrogen and oxygen atoms in total. The maximum atomic E-state index is 13.2. The van der Waals surface area contributed by atoms with Crippen molar-refractivity contribution in [3.05, 3.63) is 51.5 Å². The number of nitrogens with zero attached hydrogens (tertiary/aromatic N) is 3. The highest BCUT2D eigenvalue weighted by Crippen LogP contribution is 2.24. The van der Waals surface area contributed by atoms with E-state index in [-0.39, 0.29) is 17.3 Å². The highest BCUT2D eigenvalue weighted by atomic mass is 19.1. The van der Waals surface area contributed by atoms with Crippen LogP contribution in [0.15, 0.2) is 22.6 Å². The summed E-state index contributed by atoms with van der Waals surface area (Å²) in [4.78, 5) is 9.78. The zero-order valence-electron chi connectivity index (χ0n) is 9.49. The van der Waals surface area contributed by atoms with Crippen molar-refractivity contribution in [3.8, 4) is 0 Å². The first-order chi connectivity index (χ1) is 9.02. The Hall–Kier alpha value is -2.39. The Bertz CT molecular complexity index is 615. The van der Waals surface area contributed by atoms with E-state index in [0.29, 0.717) is 0 Å². The smallest absolute Gasteiger partial charge is 0.305 e. The Labute approximate surface area is 105 Å². The predicted octanol–water partition coefficient (Wildman–Crippen LogP) is 0.657. The molecule has 0 saturated carbocycles. The van der Waals surface area contributed by atoms with Gasteiger partial charge in [-0.25, -0.2) is 0 Å². The van der Waals surface area contributed by atoms with Gasteiger partial charge in [0.1, 0.15) is 12.6 Å². The molecule has 3 N–H and O–H groups in total. The van der Waals surface area contributed by atoms with Crippen LogP contribution in [0.1, 0.15) is 23.4 Å². The van der Waals surface area contributed by atoms with Crippen molar-refractivity contribution in [1.82, 2.24) is 10.2 Å². The maximum Gasteiger partial charge on any atom is 0.305 e. The Kier molecular flexibility index (Phi) is 3.49. The van der Waals surface area contributed by atoms with Gasteiger partial charge in [0.05, 0.1) is 4.92 Å². The van der Waals surface area contributed by atoms with Crippen LogP contribution in [0.4, 0.5) is 10.1 Å². The van der Waals surface area contributed by atoms with Gasteiger partial charge in [-0.1, -0.05) is 6.07 Å². The molecular weight excluding hydrogens is 259 g/mol. The third-order valence-electron chi connectivity index (χ3n) is 2.41. The molecule has 1 unspecified atom stereocenters. The van der Waals surface area contributed by atoms with Crippen molar-refractivity contribution in [1.29, 1.82) is 0 Å². The number of nitro benzene ring substituents is 1. The fraction of sp³-hybridized carbons (Fsp3) is 0.200. The first-order valence-electron chi connectivity index (χ1n) is 5.15. The van der Waals surface area contributed by atoms with Crippen LogP contribution in [0.2, 0.25) is 0 Å². The molecule has 1 atom stereocenters. The average Bonchev–Trinajstić information content (AvgIpc) is 2.87. The minimum atomic E-state index is -0.956. The molecule has 0 spiro atoms. The molecule has 0 aliphatic carbocycles. The van der Waals surface area contributed by atoms with E-state index in [0.717, 1.165) is 12.1 Å². The molecule has 1 heterocycles. The summed E-state index contributed by atoms with van der Waals surface area (Å²) in [6, 6.07) is 2.29. The van der Waals surface area contributed by atoms with Gasteiger partial charge in [0, 0.05) is 6.07 Å². The van der Waals surface area contributed by atoms with Gasteiger partial charge < -0.3 is 15.3 Å². The number of nitrogens with two attached hydrogens (primary N) is 1. The lowest BCUT2D eigenvalue weighted by atomic mass is 10.1. The van der Waals surface area contributed by atoms with Crippen molar-refractivity contribution < 1.29 is 18.8 Å². The highest BCUT2D eigenvalue weighted by Gasteiger charge is 2.21. The van der Waals surface area contributed by atoms with Gasteiger partial charge in [-0.15, -0.1) is 10.2 Å². The third-order valence-corrected chi connectivity index (χ3v) is 2.41. The molecule has 0 radical (unpaired) electrons. The van der Waals surface area contributed by atoms with Crippen LogP contribution in [-0.4, -0.2) is 20.2 Å². The van der Waals surface area contributed by atoms with Crippen LogP contribution in [0, 0.1) is 15.9 Å². The molecule has 0 saturated heterocycles. The molecule has 0 fully saturated rings. The van der Waals surface area contributed by atoms with Crippen LogP contribution in [0.5, 0.6) is 0 Å². The lowest BCUT2D eigenvalue weighted by molar-refractivity contribution is -0.387. The molecule has 9 heteroatoms. The molecule has 1 aromatic carbocycles. The fourth-order valence-electron chi connectivity index (χ4n) is 1.46. The second kappa shape index (κ2) is 5.08. The predicted molar refractivity (Wildman–Crippen MR) is 59.3 cm³/mol. The van der Waals surface area contributed by atoms with E-state index in [9.17, 15) is 14.5 Å². The van der Waals surface area contributed by atoms with Gasteiger partial charge >= 0.3 is 5.69 Å². The summed E-state index contributed by atoms with van der Waals surface area (Å²) < 4.78 is 18.2. The molecule has 2 rings (SSSR count). The van der Waals surface area contributed by atoms with Crippen LogP contribution < -0.4 is 5.73 Å². The van der Waals surface area contributed by atoms with E-state index in [1.165, 1.54) is 6.07 Å². The summed E-state index contributed by atoms with van der Waals surface area (Å²) in [5.41, 5.74) is 5.35. The third kappa shape index (κ3) is 2.56. The van der Waals surface area contributed by atoms with Crippen LogP contribution >= 0.6 is 0 Å². The molecule has 2 aromatic rings. The van der Waals surface area contributed by atoms with Gasteiger partial charge in [0.15, 0.2) is 0 Å². The van der Waals surface area contributed by atoms with Crippen molar-refractivity contribution in [2.45, 2.75) is 12.6 Å². The first-order valence-corrected chi connectivity index (χ1v) is 5.15. The van der Waals surface area contributed by atoms with E-state index in [4.69, 9.17) is 15.3 Å². The monoisotopic (exact) mass is 268 g/mol. The number of nitro groups is 1. The summed E-state index contributed by atoms with van der Waals surface area (Å²) in [5, 5.41) is 26.5. The molecular formula is C10H9FN4O4. The van der Waals surface area contributed by atoms with Gasteiger partial charge in [0.25, 0.3) is 0 Å². The SMILES string of the molecule is NC(c1ccc(F)c([N+](=O)[O-])c1)c1nnc(CO)o1. The summed E-state index contributed by atoms with van der Waals surface area (Å²) in [5.74, 6) is -1.01. The van der Waals surface area contributed by atoms with E-state index in [1.807, 2.05) is 0 Å². The molecule has 19 heavy (non-hydrogen) atoms. The highest BCUT2D eigenvalue weighted by molar-refractivity contribution is 5.38. The standard InChI is InChI=1S/C10H9FN4O4/c11-6-2-1-5(3-7(6)15(17)18)9(12)10-14-13-8(4-16)19-10/h1-3,9,16H,4,12H2. The Balaban J connectivity index is 2.35. The minimum absolute atomic E-state index is 0.0232. The Morgan fingerprint density at radius 3 is 2.84 bits per heavy atom. The number of rotatable bonds is 4. The molecule has 0 amide bonds. The quantitative estimate of drug-likeness (QED) is 0.615. The zero-order chi connectivity index (χ0) is 14.0. The van der Waals surface area contributed by atoms with E-state index >= 15 is 0 Å². The molecule has 0 bridgehead atoms. The number of benzene rings is 1. The largest absolute Gasteiger partial charge is 0.421 e. The number of aliphatic hydroxyl groups excluding tert-OH is 1. The number of hydrogen-bond acceptors (Lipinski definition) is 7. The fourth-order valence-corrected chi connectivity index (χ4v) is 1.46. The normalized spacial score (nSPS) is 12.4. The summed E-state index contributed by atoms with van der Waals surface area (Å²) in [7, 11) is 0. The summed E-state index contributed by atoms with van der Waals surface area (Å²) >= 11 is 0. The number of hydrogen-bond donors (Lipinski definition) is 2. The summed E-state index contributed by atoms with van der Waals surface area (Å²) in [6.07, 6.45) is 0. The maximum absolute atomic E-state index is 13.2. The first kappa shape index (κ1) is 13.1. The van der Waals surface area contributed by atoms with Crippen molar-refractivity contribution >= 4 is 5.69 Å². The second-order valence-electron chi connectivity index (χ2n) is 3.64. The van der Waals surface area contributed by atoms with E-state index in [2.05, 4.69) is 10.2 Å². The zero-order valence-corrected chi connectivity index (χ0v) is 9.49. The molecule has 1 aromatic heterocycles. The van der Waals surface area contributed by atoms with Gasteiger partial charge in [0.2, 0.25) is 17.6 Å². The van der Waals surface area contributed by atoms with Crippen LogP contribution in [-0.2, 0) is 6.61 Å². The van der Waals surface area contributed by atoms with E-state index < -0.39 is 29.1 Å². The van der Waals surface area contributed by atoms with Crippen molar-refractivity contribution in [3.63, 3.8) is 0 Å². The molecule has 0 aliphatic rings. The Morgan fingerprint density at radius 1 is 1.53 bits per heavy atom. The minimum Gasteiger partial charge on any atom is -0.421 e. The second-order valence-corrected chi connectivity index (χ2v) is 3.64. The summed E-state index contributed by atoms with van der Waals surface area (Å²) in [6.45, 7) is -0.441. The molecule has 0 aliphatic heterocycles. The van der Waals surface area contributed by atoms with Crippen LogP contribution in [0.25, 0.3) is 0 Å². The topological polar surface area (TPSA) is 128 Å². The van der Waals surface area contributed by atoms with Crippen molar-refractivity contribution in [2.75, 3.05) is 0 Å². The van der Waals surface area contributed by atoms with Gasteiger partial charge in [-0.2, -0.15) is 4.39 Å². The van der Waals surface area contributed by atoms with Crippen molar-refractivity contribution in [2.24, 2.45) is 5.73 Å². The lowest BCUT2D eigenvalue weighted by Gasteiger charge is -2.07. The van der Waals surface area contributed by atoms with Gasteiger partial charge in [-0.3, -0.25) is 10.1 Å². The van der Waals surface area contributed by atoms with Crippen LogP contribution in [0.3, 0.4) is 0 Å². The average molecular weight is 268 g/mol.